The number of para-hydroxylation sites is 2. The number of rotatable bonds is 6. The molecule has 1 atom stereocenters. The Morgan fingerprint density at radius 1 is 1.11 bits per heavy atom. The van der Waals surface area contributed by atoms with Crippen LogP contribution in [-0.4, -0.2) is 27.4 Å². The fourth-order valence-electron chi connectivity index (χ4n) is 3.17. The first-order chi connectivity index (χ1) is 13.1. The van der Waals surface area contributed by atoms with E-state index in [1.807, 2.05) is 54.0 Å². The van der Waals surface area contributed by atoms with E-state index in [1.54, 1.807) is 12.1 Å². The molecule has 0 bridgehead atoms. The maximum Gasteiger partial charge on any atom is 0.251 e. The highest BCUT2D eigenvalue weighted by Gasteiger charge is 2.25. The number of benzene rings is 2. The number of hydrogen-bond donors (Lipinski definition) is 2. The van der Waals surface area contributed by atoms with Crippen molar-refractivity contribution in [2.75, 3.05) is 0 Å². The fraction of sp³-hybridized carbons (Fsp3) is 0.286. The van der Waals surface area contributed by atoms with Crippen molar-refractivity contribution in [1.29, 1.82) is 0 Å². The van der Waals surface area contributed by atoms with Crippen LogP contribution < -0.4 is 10.6 Å². The van der Waals surface area contributed by atoms with Crippen LogP contribution in [0.3, 0.4) is 0 Å². The molecule has 1 unspecified atom stereocenters. The molecule has 2 N–H and O–H groups in total. The lowest BCUT2D eigenvalue weighted by molar-refractivity contribution is -0.121. The van der Waals surface area contributed by atoms with Crippen molar-refractivity contribution < 1.29 is 9.59 Å². The van der Waals surface area contributed by atoms with E-state index in [-0.39, 0.29) is 24.4 Å². The topological polar surface area (TPSA) is 76.0 Å². The molecule has 0 aliphatic heterocycles. The van der Waals surface area contributed by atoms with Gasteiger partial charge in [-0.25, -0.2) is 4.98 Å². The van der Waals surface area contributed by atoms with Crippen LogP contribution in [0.1, 0.15) is 42.0 Å². The Balaban J connectivity index is 1.60. The van der Waals surface area contributed by atoms with Crippen LogP contribution in [-0.2, 0) is 11.3 Å². The van der Waals surface area contributed by atoms with E-state index in [1.165, 1.54) is 0 Å². The molecule has 1 heterocycles. The van der Waals surface area contributed by atoms with Crippen LogP contribution in [0.4, 0.5) is 0 Å². The number of aromatic nitrogens is 2. The highest BCUT2D eigenvalue weighted by atomic mass is 16.2. The number of carbonyl (C=O) groups is 2. The first-order valence-corrected chi connectivity index (χ1v) is 9.22. The number of nitrogens with one attached hydrogen (secondary N) is 2. The van der Waals surface area contributed by atoms with Gasteiger partial charge in [0.2, 0.25) is 5.91 Å². The monoisotopic (exact) mass is 362 g/mol. The number of nitrogens with zero attached hydrogens (tertiary/aromatic N) is 2. The summed E-state index contributed by atoms with van der Waals surface area (Å²) < 4.78 is 1.89. The largest absolute Gasteiger partial charge is 0.352 e. The Hall–Kier alpha value is -3.15. The summed E-state index contributed by atoms with van der Waals surface area (Å²) in [6, 6.07) is 16.8. The molecule has 2 aromatic carbocycles. The molecule has 4 rings (SSSR count). The van der Waals surface area contributed by atoms with E-state index < -0.39 is 0 Å². The summed E-state index contributed by atoms with van der Waals surface area (Å²) in [7, 11) is 0. The van der Waals surface area contributed by atoms with E-state index in [0.29, 0.717) is 17.4 Å². The molecule has 2 amide bonds. The van der Waals surface area contributed by atoms with Crippen LogP contribution in [0.15, 0.2) is 54.6 Å². The average molecular weight is 362 g/mol. The lowest BCUT2D eigenvalue weighted by Crippen LogP contribution is -2.32. The van der Waals surface area contributed by atoms with Crippen molar-refractivity contribution in [3.63, 3.8) is 0 Å². The van der Waals surface area contributed by atoms with Crippen molar-refractivity contribution in [2.45, 2.75) is 38.4 Å². The maximum atomic E-state index is 12.5. The molecule has 6 heteroatoms. The Morgan fingerprint density at radius 2 is 1.81 bits per heavy atom. The minimum Gasteiger partial charge on any atom is -0.352 e. The lowest BCUT2D eigenvalue weighted by Gasteiger charge is -2.16. The van der Waals surface area contributed by atoms with Crippen molar-refractivity contribution in [3.8, 4) is 0 Å². The van der Waals surface area contributed by atoms with Crippen LogP contribution in [0, 0.1) is 0 Å². The molecule has 1 aliphatic carbocycles. The Kier molecular flexibility index (Phi) is 4.62. The smallest absolute Gasteiger partial charge is 0.251 e. The first-order valence-electron chi connectivity index (χ1n) is 9.22. The Labute approximate surface area is 157 Å². The zero-order valence-electron chi connectivity index (χ0n) is 15.2. The van der Waals surface area contributed by atoms with Crippen molar-refractivity contribution in [1.82, 2.24) is 20.2 Å². The van der Waals surface area contributed by atoms with Gasteiger partial charge in [0.15, 0.2) is 0 Å². The lowest BCUT2D eigenvalue weighted by atomic mass is 10.2. The third-order valence-electron chi connectivity index (χ3n) is 4.70. The van der Waals surface area contributed by atoms with E-state index in [0.717, 1.165) is 23.9 Å². The van der Waals surface area contributed by atoms with E-state index in [9.17, 15) is 9.59 Å². The molecular weight excluding hydrogens is 340 g/mol. The maximum absolute atomic E-state index is 12.5. The molecule has 1 aliphatic rings. The van der Waals surface area contributed by atoms with Gasteiger partial charge in [0.25, 0.3) is 5.91 Å². The summed E-state index contributed by atoms with van der Waals surface area (Å²) in [5.74, 6) is 0.485. The van der Waals surface area contributed by atoms with Gasteiger partial charge in [-0.05, 0) is 44.0 Å². The van der Waals surface area contributed by atoms with Crippen LogP contribution in [0.5, 0.6) is 0 Å². The zero-order valence-corrected chi connectivity index (χ0v) is 15.2. The predicted molar refractivity (Wildman–Crippen MR) is 103 cm³/mol. The molecule has 138 valence electrons. The van der Waals surface area contributed by atoms with Crippen LogP contribution >= 0.6 is 0 Å². The summed E-state index contributed by atoms with van der Waals surface area (Å²) in [6.07, 6.45) is 2.10. The minimum absolute atomic E-state index is 0.0245. The normalized spacial score (nSPS) is 14.7. The second kappa shape index (κ2) is 7.23. The van der Waals surface area contributed by atoms with Crippen molar-refractivity contribution in [2.24, 2.45) is 0 Å². The van der Waals surface area contributed by atoms with Crippen LogP contribution in [0.2, 0.25) is 0 Å². The van der Waals surface area contributed by atoms with Crippen LogP contribution in [0.25, 0.3) is 11.0 Å². The van der Waals surface area contributed by atoms with Gasteiger partial charge < -0.3 is 15.2 Å². The van der Waals surface area contributed by atoms with Gasteiger partial charge in [0.05, 0.1) is 17.1 Å². The molecule has 3 aromatic rings. The summed E-state index contributed by atoms with van der Waals surface area (Å²) >= 11 is 0. The second-order valence-corrected chi connectivity index (χ2v) is 6.95. The SMILES string of the molecule is CC(NC(=O)c1ccccc1)c1nc2ccccc2n1CC(=O)NC1CC1. The van der Waals surface area contributed by atoms with Crippen molar-refractivity contribution >= 4 is 22.8 Å². The number of fused-ring (bicyclic) bond motifs is 1. The first kappa shape index (κ1) is 17.3. The summed E-state index contributed by atoms with van der Waals surface area (Å²) in [5.41, 5.74) is 2.30. The zero-order chi connectivity index (χ0) is 18.8. The predicted octanol–water partition coefficient (Wildman–Crippen LogP) is 2.81. The summed E-state index contributed by atoms with van der Waals surface area (Å²) in [4.78, 5) is 29.6. The molecule has 0 spiro atoms. The van der Waals surface area contributed by atoms with E-state index >= 15 is 0 Å². The third kappa shape index (κ3) is 3.84. The highest BCUT2D eigenvalue weighted by molar-refractivity contribution is 5.94. The Morgan fingerprint density at radius 3 is 2.56 bits per heavy atom. The summed E-state index contributed by atoms with van der Waals surface area (Å²) in [5, 5.41) is 6.00. The van der Waals surface area contributed by atoms with Gasteiger partial charge in [0, 0.05) is 11.6 Å². The molecule has 0 radical (unpaired) electrons. The second-order valence-electron chi connectivity index (χ2n) is 6.95. The molecule has 1 aromatic heterocycles. The number of amides is 2. The fourth-order valence-corrected chi connectivity index (χ4v) is 3.17. The molecule has 1 saturated carbocycles. The molecule has 1 fully saturated rings. The molecular formula is C21H22N4O2. The minimum atomic E-state index is -0.334. The number of carbonyl (C=O) groups excluding carboxylic acids is 2. The Bertz CT molecular complexity index is 976. The van der Waals surface area contributed by atoms with Gasteiger partial charge in [-0.15, -0.1) is 0 Å². The summed E-state index contributed by atoms with van der Waals surface area (Å²) in [6.45, 7) is 2.08. The molecule has 27 heavy (non-hydrogen) atoms. The van der Waals surface area contributed by atoms with Gasteiger partial charge in [-0.3, -0.25) is 9.59 Å². The van der Waals surface area contributed by atoms with Gasteiger partial charge in [-0.1, -0.05) is 30.3 Å². The molecule has 0 saturated heterocycles. The number of hydrogen-bond acceptors (Lipinski definition) is 3. The third-order valence-corrected chi connectivity index (χ3v) is 4.70. The highest BCUT2D eigenvalue weighted by Crippen LogP contribution is 2.22. The van der Waals surface area contributed by atoms with Gasteiger partial charge in [-0.2, -0.15) is 0 Å². The quantitative estimate of drug-likeness (QED) is 0.708. The van der Waals surface area contributed by atoms with Gasteiger partial charge >= 0.3 is 0 Å². The van der Waals surface area contributed by atoms with Crippen molar-refractivity contribution in [3.05, 3.63) is 66.0 Å². The average Bonchev–Trinajstić information content (AvgIpc) is 3.42. The molecule has 6 nitrogen and oxygen atoms in total. The standard InChI is InChI=1S/C21H22N4O2/c1-14(22-21(27)15-7-3-2-4-8-15)20-24-17-9-5-6-10-18(17)25(20)13-19(26)23-16-11-12-16/h2-10,14,16H,11-13H2,1H3,(H,22,27)(H,23,26). The van der Waals surface area contributed by atoms with E-state index in [4.69, 9.17) is 0 Å². The number of imidazole rings is 1. The van der Waals surface area contributed by atoms with E-state index in [2.05, 4.69) is 15.6 Å². The van der Waals surface area contributed by atoms with Gasteiger partial charge in [0.1, 0.15) is 12.4 Å².